The third kappa shape index (κ3) is 1.47. The molecule has 0 aliphatic heterocycles. The van der Waals surface area contributed by atoms with Gasteiger partial charge < -0.3 is 14.8 Å². The molecule has 0 fully saturated rings. The molecule has 1 aromatic rings. The lowest BCUT2D eigenvalue weighted by Crippen LogP contribution is -2.30. The summed E-state index contributed by atoms with van der Waals surface area (Å²) in [6.07, 6.45) is 0. The first-order valence-corrected chi connectivity index (χ1v) is 3.47. The summed E-state index contributed by atoms with van der Waals surface area (Å²) in [6.45, 7) is 0. The summed E-state index contributed by atoms with van der Waals surface area (Å²) < 4.78 is 4.73. The molecule has 1 heterocycles. The molecule has 10 heavy (non-hydrogen) atoms. The van der Waals surface area contributed by atoms with E-state index in [-0.39, 0.29) is 5.59 Å². The lowest BCUT2D eigenvalue weighted by atomic mass is 9.88. The highest BCUT2D eigenvalue weighted by atomic mass is 32.1. The third-order valence-corrected chi connectivity index (χ3v) is 1.76. The average molecular weight is 159 g/mol. The number of rotatable bonds is 2. The van der Waals surface area contributed by atoms with Crippen LogP contribution in [0, 0.1) is 0 Å². The first kappa shape index (κ1) is 7.52. The fraction of sp³-hybridized carbons (Fsp3) is 0.250. The molecule has 0 bridgehead atoms. The molecule has 0 spiro atoms. The molecular weight excluding hydrogens is 153 g/mol. The van der Waals surface area contributed by atoms with E-state index in [1.807, 2.05) is 0 Å². The zero-order valence-corrected chi connectivity index (χ0v) is 6.13. The molecule has 0 aromatic carbocycles. The highest BCUT2D eigenvalue weighted by Gasteiger charge is 2.14. The highest BCUT2D eigenvalue weighted by molar-refractivity contribution is 7.12. The van der Waals surface area contributed by atoms with Crippen LogP contribution in [-0.4, -0.2) is 29.3 Å². The fourth-order valence-corrected chi connectivity index (χ4v) is 1.13. The van der Waals surface area contributed by atoms with Crippen molar-refractivity contribution in [2.45, 2.75) is 0 Å². The monoisotopic (exact) mass is 159 g/mol. The zero-order chi connectivity index (χ0) is 7.56. The molecule has 0 aliphatic carbocycles. The molecule has 1 aromatic heterocycles. The molecule has 6 heteroatoms. The largest absolute Gasteiger partial charge is 0.509 e. The maximum atomic E-state index is 8.58. The van der Waals surface area contributed by atoms with E-state index in [9.17, 15) is 0 Å². The predicted octanol–water partition coefficient (Wildman–Crippen LogP) is -1.17. The first-order valence-electron chi connectivity index (χ1n) is 2.59. The summed E-state index contributed by atoms with van der Waals surface area (Å²) in [5.41, 5.74) is 0.224. The van der Waals surface area contributed by atoms with Gasteiger partial charge in [0.1, 0.15) is 0 Å². The van der Waals surface area contributed by atoms with Crippen LogP contribution >= 0.6 is 11.3 Å². The van der Waals surface area contributed by atoms with E-state index >= 15 is 0 Å². The van der Waals surface area contributed by atoms with Crippen LogP contribution in [0.4, 0.5) is 0 Å². The van der Waals surface area contributed by atoms with Crippen molar-refractivity contribution < 1.29 is 14.8 Å². The molecule has 54 valence electrons. The van der Waals surface area contributed by atoms with Crippen molar-refractivity contribution >= 4 is 24.0 Å². The average Bonchev–Trinajstić information content (AvgIpc) is 2.34. The van der Waals surface area contributed by atoms with E-state index < -0.39 is 7.12 Å². The molecular formula is C4H6BNO3S. The van der Waals surface area contributed by atoms with Crippen molar-refractivity contribution in [3.63, 3.8) is 0 Å². The summed E-state index contributed by atoms with van der Waals surface area (Å²) in [6, 6.07) is 0. The Morgan fingerprint density at radius 1 is 1.70 bits per heavy atom. The van der Waals surface area contributed by atoms with Gasteiger partial charge in [-0.15, -0.1) is 0 Å². The second-order valence-corrected chi connectivity index (χ2v) is 2.44. The van der Waals surface area contributed by atoms with Gasteiger partial charge >= 0.3 is 7.12 Å². The minimum absolute atomic E-state index is 0.224. The second-order valence-electron chi connectivity index (χ2n) is 1.62. The van der Waals surface area contributed by atoms with Gasteiger partial charge in [0.2, 0.25) is 0 Å². The number of nitrogens with zero attached hydrogens (tertiary/aromatic N) is 1. The van der Waals surface area contributed by atoms with Crippen molar-refractivity contribution in [2.24, 2.45) is 0 Å². The number of hydrogen-bond donors (Lipinski definition) is 2. The Morgan fingerprint density at radius 2 is 2.40 bits per heavy atom. The standard InChI is InChI=1S/C4H6BNO3S/c1-9-4-6-3(2-10-4)5(7)8/h2,7-8H,1H3. The van der Waals surface area contributed by atoms with E-state index in [0.717, 1.165) is 0 Å². The predicted molar refractivity (Wildman–Crippen MR) is 38.5 cm³/mol. The lowest BCUT2D eigenvalue weighted by Gasteiger charge is -1.89. The Morgan fingerprint density at radius 3 is 2.70 bits per heavy atom. The quantitative estimate of drug-likeness (QED) is 0.533. The van der Waals surface area contributed by atoms with Gasteiger partial charge in [0.05, 0.1) is 12.7 Å². The number of thiazole rings is 1. The van der Waals surface area contributed by atoms with Crippen LogP contribution in [0.5, 0.6) is 5.19 Å². The number of ether oxygens (including phenoxy) is 1. The molecule has 0 atom stereocenters. The van der Waals surface area contributed by atoms with Crippen molar-refractivity contribution in [3.8, 4) is 5.19 Å². The van der Waals surface area contributed by atoms with Crippen LogP contribution < -0.4 is 10.3 Å². The minimum atomic E-state index is -1.50. The molecule has 4 nitrogen and oxygen atoms in total. The highest BCUT2D eigenvalue weighted by Crippen LogP contribution is 2.10. The number of methoxy groups -OCH3 is 1. The van der Waals surface area contributed by atoms with Gasteiger partial charge in [-0.3, -0.25) is 0 Å². The summed E-state index contributed by atoms with van der Waals surface area (Å²) in [7, 11) is -0.0213. The maximum Gasteiger partial charge on any atom is 0.509 e. The number of aromatic nitrogens is 1. The maximum absolute atomic E-state index is 8.58. The lowest BCUT2D eigenvalue weighted by molar-refractivity contribution is 0.407. The molecule has 2 N–H and O–H groups in total. The van der Waals surface area contributed by atoms with Crippen molar-refractivity contribution in [1.82, 2.24) is 4.98 Å². The Bertz CT molecular complexity index is 214. The molecule has 1 rings (SSSR count). The number of hydrogen-bond acceptors (Lipinski definition) is 5. The smallest absolute Gasteiger partial charge is 0.473 e. The summed E-state index contributed by atoms with van der Waals surface area (Å²) in [5.74, 6) is 0. The first-order chi connectivity index (χ1) is 4.74. The van der Waals surface area contributed by atoms with E-state index in [4.69, 9.17) is 14.8 Å². The van der Waals surface area contributed by atoms with Crippen molar-refractivity contribution in [3.05, 3.63) is 5.38 Å². The summed E-state index contributed by atoms with van der Waals surface area (Å²) in [5, 5.41) is 19.1. The van der Waals surface area contributed by atoms with E-state index in [2.05, 4.69) is 4.98 Å². The molecule has 0 radical (unpaired) electrons. The van der Waals surface area contributed by atoms with Gasteiger partial charge in [0.25, 0.3) is 5.19 Å². The van der Waals surface area contributed by atoms with Crippen LogP contribution in [0.15, 0.2) is 5.38 Å². The zero-order valence-electron chi connectivity index (χ0n) is 5.31. The Labute approximate surface area is 62.3 Å². The van der Waals surface area contributed by atoms with Gasteiger partial charge in [-0.2, -0.15) is 0 Å². The van der Waals surface area contributed by atoms with E-state index in [1.54, 1.807) is 0 Å². The van der Waals surface area contributed by atoms with Gasteiger partial charge in [-0.1, -0.05) is 11.3 Å². The molecule has 0 aliphatic rings. The van der Waals surface area contributed by atoms with Gasteiger partial charge in [-0.05, 0) is 0 Å². The van der Waals surface area contributed by atoms with E-state index in [0.29, 0.717) is 5.19 Å². The van der Waals surface area contributed by atoms with Gasteiger partial charge in [-0.25, -0.2) is 4.98 Å². The second kappa shape index (κ2) is 3.00. The van der Waals surface area contributed by atoms with Crippen LogP contribution in [0.1, 0.15) is 0 Å². The molecule has 0 saturated heterocycles. The SMILES string of the molecule is COc1nc(B(O)O)cs1. The topological polar surface area (TPSA) is 62.6 Å². The minimum Gasteiger partial charge on any atom is -0.473 e. The van der Waals surface area contributed by atoms with Gasteiger partial charge in [0, 0.05) is 5.38 Å². The fourth-order valence-electron chi connectivity index (χ4n) is 0.481. The Hall–Kier alpha value is -0.585. The van der Waals surface area contributed by atoms with Crippen LogP contribution in [0.2, 0.25) is 0 Å². The normalized spacial score (nSPS) is 9.50. The molecule has 0 saturated carbocycles. The molecule has 0 amide bonds. The van der Waals surface area contributed by atoms with Crippen LogP contribution in [0.3, 0.4) is 0 Å². The van der Waals surface area contributed by atoms with Crippen LogP contribution in [-0.2, 0) is 0 Å². The third-order valence-electron chi connectivity index (χ3n) is 0.940. The Kier molecular flexibility index (Phi) is 2.26. The van der Waals surface area contributed by atoms with Gasteiger partial charge in [0.15, 0.2) is 0 Å². The summed E-state index contributed by atoms with van der Waals surface area (Å²) in [4.78, 5) is 3.72. The summed E-state index contributed by atoms with van der Waals surface area (Å²) >= 11 is 1.22. The van der Waals surface area contributed by atoms with E-state index in [1.165, 1.54) is 23.8 Å². The van der Waals surface area contributed by atoms with Crippen molar-refractivity contribution in [1.29, 1.82) is 0 Å². The Balaban J connectivity index is 2.78. The van der Waals surface area contributed by atoms with Crippen LogP contribution in [0.25, 0.3) is 0 Å². The molecule has 0 unspecified atom stereocenters. The van der Waals surface area contributed by atoms with Crippen molar-refractivity contribution in [2.75, 3.05) is 7.11 Å².